The number of alkyl halides is 6. The highest BCUT2D eigenvalue weighted by Crippen LogP contribution is 2.38. The summed E-state index contributed by atoms with van der Waals surface area (Å²) in [5.41, 5.74) is -4.24. The van der Waals surface area contributed by atoms with Gasteiger partial charge in [-0.3, -0.25) is 14.3 Å². The molecule has 0 saturated carbocycles. The molecule has 14 heteroatoms. The van der Waals surface area contributed by atoms with Crippen LogP contribution in [0.1, 0.15) is 61.5 Å². The monoisotopic (exact) mass is 603 g/mol. The third-order valence-corrected chi connectivity index (χ3v) is 7.29. The zero-order valence-electron chi connectivity index (χ0n) is 22.2. The van der Waals surface area contributed by atoms with Crippen LogP contribution in [0, 0.1) is 0 Å². The number of sulfonamides is 1. The van der Waals surface area contributed by atoms with Crippen LogP contribution in [0.25, 0.3) is 22.2 Å². The van der Waals surface area contributed by atoms with Crippen molar-refractivity contribution in [1.82, 2.24) is 15.0 Å². The molecule has 1 aromatic heterocycles. The molecule has 3 rings (SSSR count). The SMILES string of the molecule is CCCCS(=O)(=O)NC(=O)CC(C)(C)NC(=O)c1ccc2nc(-c3cc(C(F)(F)F)cc(C(F)(F)F)c3)ccc2c1. The number of halogens is 6. The molecule has 2 amide bonds. The molecule has 2 N–H and O–H groups in total. The van der Waals surface area contributed by atoms with Crippen molar-refractivity contribution in [3.63, 3.8) is 0 Å². The van der Waals surface area contributed by atoms with E-state index < -0.39 is 50.9 Å². The van der Waals surface area contributed by atoms with Crippen molar-refractivity contribution in [3.05, 3.63) is 65.2 Å². The second-order valence-electron chi connectivity index (χ2n) is 10.1. The molecule has 0 radical (unpaired) electrons. The van der Waals surface area contributed by atoms with Crippen LogP contribution < -0.4 is 10.0 Å². The highest BCUT2D eigenvalue weighted by molar-refractivity contribution is 7.90. The van der Waals surface area contributed by atoms with E-state index >= 15 is 0 Å². The molecule has 0 saturated heterocycles. The number of aromatic nitrogens is 1. The number of carbonyl (C=O) groups excluding carboxylic acids is 2. The van der Waals surface area contributed by atoms with Crippen molar-refractivity contribution < 1.29 is 44.3 Å². The van der Waals surface area contributed by atoms with E-state index in [1.54, 1.807) is 6.92 Å². The molecule has 1 heterocycles. The molecule has 222 valence electrons. The fourth-order valence-corrected chi connectivity index (χ4v) is 5.14. The molecule has 0 bridgehead atoms. The van der Waals surface area contributed by atoms with Crippen LogP contribution in [0.3, 0.4) is 0 Å². The van der Waals surface area contributed by atoms with Crippen molar-refractivity contribution in [1.29, 1.82) is 0 Å². The summed E-state index contributed by atoms with van der Waals surface area (Å²) in [5.74, 6) is -1.59. The van der Waals surface area contributed by atoms with Crippen molar-refractivity contribution in [2.75, 3.05) is 5.75 Å². The molecule has 0 aliphatic heterocycles. The van der Waals surface area contributed by atoms with Gasteiger partial charge in [-0.15, -0.1) is 0 Å². The van der Waals surface area contributed by atoms with Crippen molar-refractivity contribution in [3.8, 4) is 11.3 Å². The van der Waals surface area contributed by atoms with Gasteiger partial charge in [-0.25, -0.2) is 13.4 Å². The van der Waals surface area contributed by atoms with Crippen molar-refractivity contribution >= 4 is 32.7 Å². The van der Waals surface area contributed by atoms with Gasteiger partial charge in [0.2, 0.25) is 15.9 Å². The Hall–Kier alpha value is -3.68. The Kier molecular flexibility index (Phi) is 9.06. The summed E-state index contributed by atoms with van der Waals surface area (Å²) < 4.78 is 105. The molecule has 0 atom stereocenters. The predicted molar refractivity (Wildman–Crippen MR) is 140 cm³/mol. The minimum Gasteiger partial charge on any atom is -0.347 e. The second-order valence-corrected chi connectivity index (χ2v) is 12.0. The Morgan fingerprint density at radius 1 is 0.878 bits per heavy atom. The molecule has 0 aliphatic rings. The summed E-state index contributed by atoms with van der Waals surface area (Å²) in [7, 11) is -3.79. The summed E-state index contributed by atoms with van der Waals surface area (Å²) in [4.78, 5) is 29.3. The van der Waals surface area contributed by atoms with Gasteiger partial charge in [0, 0.05) is 22.1 Å². The van der Waals surface area contributed by atoms with Crippen LogP contribution >= 0.6 is 0 Å². The number of hydrogen-bond acceptors (Lipinski definition) is 5. The minimum absolute atomic E-state index is 0.0337. The summed E-state index contributed by atoms with van der Waals surface area (Å²) in [6.07, 6.45) is -9.33. The Balaban J connectivity index is 1.82. The highest BCUT2D eigenvalue weighted by atomic mass is 32.2. The lowest BCUT2D eigenvalue weighted by Gasteiger charge is -2.25. The van der Waals surface area contributed by atoms with Crippen LogP contribution in [-0.2, 0) is 27.2 Å². The first-order valence-corrected chi connectivity index (χ1v) is 14.0. The van der Waals surface area contributed by atoms with Crippen LogP contribution in [0.4, 0.5) is 26.3 Å². The van der Waals surface area contributed by atoms with E-state index in [2.05, 4.69) is 10.3 Å². The number of pyridine rings is 1. The molecule has 2 aromatic carbocycles. The van der Waals surface area contributed by atoms with Crippen molar-refractivity contribution in [2.24, 2.45) is 0 Å². The van der Waals surface area contributed by atoms with Crippen LogP contribution in [0.15, 0.2) is 48.5 Å². The number of rotatable bonds is 9. The molecule has 3 aromatic rings. The largest absolute Gasteiger partial charge is 0.416 e. The Labute approximate surface area is 232 Å². The van der Waals surface area contributed by atoms with Gasteiger partial charge in [0.15, 0.2) is 0 Å². The zero-order valence-corrected chi connectivity index (χ0v) is 23.0. The maximum absolute atomic E-state index is 13.3. The zero-order chi connectivity index (χ0) is 30.8. The van der Waals surface area contributed by atoms with Gasteiger partial charge in [0.05, 0.1) is 34.5 Å². The average molecular weight is 604 g/mol. The maximum atomic E-state index is 13.3. The van der Waals surface area contributed by atoms with E-state index in [1.165, 1.54) is 44.2 Å². The van der Waals surface area contributed by atoms with Gasteiger partial charge in [0.1, 0.15) is 0 Å². The van der Waals surface area contributed by atoms with Gasteiger partial charge in [0.25, 0.3) is 5.91 Å². The quantitative estimate of drug-likeness (QED) is 0.289. The standard InChI is InChI=1S/C27H27F6N3O4S/c1-4-5-10-41(39,40)36-23(37)15-25(2,3)35-24(38)17-7-9-21-16(11-17)6-8-22(34-21)18-12-19(26(28,29)30)14-20(13-18)27(31,32)33/h6-9,11-14H,4-5,10,15H2,1-3H3,(H,35,38)(H,36,37). The normalized spacial score (nSPS) is 12.8. The molecule has 41 heavy (non-hydrogen) atoms. The van der Waals surface area contributed by atoms with E-state index in [-0.39, 0.29) is 40.6 Å². The molecule has 7 nitrogen and oxygen atoms in total. The minimum atomic E-state index is -5.01. The second kappa shape index (κ2) is 11.7. The average Bonchev–Trinajstić information content (AvgIpc) is 2.84. The number of hydrogen-bond donors (Lipinski definition) is 2. The van der Waals surface area contributed by atoms with E-state index in [9.17, 15) is 44.3 Å². The molecular formula is C27H27F6N3O4S. The molecule has 0 fully saturated rings. The summed E-state index contributed by atoms with van der Waals surface area (Å²) in [5, 5.41) is 3.02. The summed E-state index contributed by atoms with van der Waals surface area (Å²) >= 11 is 0. The van der Waals surface area contributed by atoms with E-state index in [0.29, 0.717) is 30.4 Å². The third kappa shape index (κ3) is 8.65. The summed E-state index contributed by atoms with van der Waals surface area (Å²) in [6.45, 7) is 4.87. The van der Waals surface area contributed by atoms with Gasteiger partial charge >= 0.3 is 12.4 Å². The van der Waals surface area contributed by atoms with Crippen LogP contribution in [0.2, 0.25) is 0 Å². The first-order chi connectivity index (χ1) is 18.8. The number of carbonyl (C=O) groups is 2. The highest BCUT2D eigenvalue weighted by Gasteiger charge is 2.37. The van der Waals surface area contributed by atoms with Gasteiger partial charge in [-0.2, -0.15) is 26.3 Å². The van der Waals surface area contributed by atoms with E-state index in [0.717, 1.165) is 0 Å². The first kappa shape index (κ1) is 31.8. The third-order valence-electron chi connectivity index (χ3n) is 5.93. The number of benzene rings is 2. The number of fused-ring (bicyclic) bond motifs is 1. The number of nitrogens with zero attached hydrogens (tertiary/aromatic N) is 1. The maximum Gasteiger partial charge on any atom is 0.416 e. The summed E-state index contributed by atoms with van der Waals surface area (Å²) in [6, 6.07) is 8.00. The van der Waals surface area contributed by atoms with Gasteiger partial charge < -0.3 is 5.32 Å². The first-order valence-electron chi connectivity index (χ1n) is 12.4. The Morgan fingerprint density at radius 2 is 1.49 bits per heavy atom. The molecule has 0 spiro atoms. The molecule has 0 aliphatic carbocycles. The number of nitrogens with one attached hydrogen (secondary N) is 2. The lowest BCUT2D eigenvalue weighted by atomic mass is 9.99. The fourth-order valence-electron chi connectivity index (χ4n) is 3.95. The smallest absolute Gasteiger partial charge is 0.347 e. The van der Waals surface area contributed by atoms with Crippen molar-refractivity contribution in [2.45, 2.75) is 57.9 Å². The van der Waals surface area contributed by atoms with E-state index in [1.807, 2.05) is 4.72 Å². The lowest BCUT2D eigenvalue weighted by molar-refractivity contribution is -0.143. The number of amides is 2. The van der Waals surface area contributed by atoms with Gasteiger partial charge in [-0.1, -0.05) is 19.4 Å². The number of unbranched alkanes of at least 4 members (excludes halogenated alkanes) is 1. The predicted octanol–water partition coefficient (Wildman–Crippen LogP) is 6.08. The molecule has 0 unspecified atom stereocenters. The lowest BCUT2D eigenvalue weighted by Crippen LogP contribution is -2.47. The van der Waals surface area contributed by atoms with Gasteiger partial charge in [-0.05, 0) is 62.7 Å². The Bertz CT molecular complexity index is 1540. The van der Waals surface area contributed by atoms with Crippen LogP contribution in [0.5, 0.6) is 0 Å². The fraction of sp³-hybridized carbons (Fsp3) is 0.370. The van der Waals surface area contributed by atoms with Crippen LogP contribution in [-0.4, -0.2) is 36.5 Å². The Morgan fingerprint density at radius 3 is 2.05 bits per heavy atom. The molecular weight excluding hydrogens is 576 g/mol. The van der Waals surface area contributed by atoms with E-state index in [4.69, 9.17) is 0 Å². The topological polar surface area (TPSA) is 105 Å².